The first kappa shape index (κ1) is 20.3. The van der Waals surface area contributed by atoms with Crippen molar-refractivity contribution in [2.45, 2.75) is 33.6 Å². The summed E-state index contributed by atoms with van der Waals surface area (Å²) in [5.74, 6) is 2.23. The molecule has 0 fully saturated rings. The highest BCUT2D eigenvalue weighted by Crippen LogP contribution is 2.22. The summed E-state index contributed by atoms with van der Waals surface area (Å²) < 4.78 is 10.2. The summed E-state index contributed by atoms with van der Waals surface area (Å²) in [6.07, 6.45) is 0. The molecule has 0 aliphatic carbocycles. The van der Waals surface area contributed by atoms with Crippen molar-refractivity contribution in [3.8, 4) is 17.1 Å². The molecule has 0 radical (unpaired) electrons. The number of aromatic nitrogens is 3. The molecule has 1 N–H and O–H groups in total. The minimum Gasteiger partial charge on any atom is -0.497 e. The number of ether oxygens (including phenoxy) is 1. The fourth-order valence-corrected chi connectivity index (χ4v) is 3.55. The van der Waals surface area contributed by atoms with Crippen molar-refractivity contribution in [1.82, 2.24) is 14.3 Å². The molecular formula is C22H29N4OS+. The van der Waals surface area contributed by atoms with Crippen LogP contribution in [-0.2, 0) is 19.8 Å². The zero-order chi connectivity index (χ0) is 20.1. The van der Waals surface area contributed by atoms with Gasteiger partial charge in [0.1, 0.15) is 12.3 Å². The van der Waals surface area contributed by atoms with Gasteiger partial charge in [-0.3, -0.25) is 4.57 Å². The van der Waals surface area contributed by atoms with Crippen molar-refractivity contribution in [3.63, 3.8) is 0 Å². The summed E-state index contributed by atoms with van der Waals surface area (Å²) in [4.78, 5) is 1.33. The molecule has 3 aromatic rings. The average molecular weight is 398 g/mol. The van der Waals surface area contributed by atoms with Gasteiger partial charge in [0, 0.05) is 17.7 Å². The van der Waals surface area contributed by atoms with Crippen LogP contribution in [0, 0.1) is 10.7 Å². The maximum atomic E-state index is 5.79. The molecule has 0 saturated carbocycles. The van der Waals surface area contributed by atoms with Gasteiger partial charge in [-0.25, -0.2) is 0 Å². The average Bonchev–Trinajstić information content (AvgIpc) is 2.98. The first-order chi connectivity index (χ1) is 13.5. The van der Waals surface area contributed by atoms with Crippen molar-refractivity contribution in [2.24, 2.45) is 5.92 Å². The molecule has 0 amide bonds. The molecule has 2 aromatic carbocycles. The number of hydrogen-bond acceptors (Lipinski definition) is 3. The number of nitrogens with zero attached hydrogens (tertiary/aromatic N) is 3. The van der Waals surface area contributed by atoms with Crippen LogP contribution in [0.1, 0.15) is 19.4 Å². The van der Waals surface area contributed by atoms with E-state index >= 15 is 0 Å². The first-order valence-corrected chi connectivity index (χ1v) is 10.1. The highest BCUT2D eigenvalue weighted by molar-refractivity contribution is 7.71. The van der Waals surface area contributed by atoms with Gasteiger partial charge in [-0.1, -0.05) is 44.2 Å². The Labute approximate surface area is 172 Å². The summed E-state index contributed by atoms with van der Waals surface area (Å²) >= 11 is 5.79. The van der Waals surface area contributed by atoms with Gasteiger partial charge in [-0.2, -0.15) is 4.68 Å². The molecular weight excluding hydrogens is 368 g/mol. The summed E-state index contributed by atoms with van der Waals surface area (Å²) in [6.45, 7) is 6.89. The van der Waals surface area contributed by atoms with Gasteiger partial charge in [0.2, 0.25) is 4.77 Å². The number of quaternary nitrogens is 1. The van der Waals surface area contributed by atoms with Crippen LogP contribution in [0.2, 0.25) is 0 Å². The normalized spacial score (nSPS) is 12.3. The van der Waals surface area contributed by atoms with Crippen LogP contribution in [0.25, 0.3) is 11.4 Å². The molecule has 0 aliphatic heterocycles. The minimum absolute atomic E-state index is 0.482. The van der Waals surface area contributed by atoms with E-state index in [0.717, 1.165) is 41.7 Å². The van der Waals surface area contributed by atoms with E-state index in [0.29, 0.717) is 5.92 Å². The zero-order valence-electron chi connectivity index (χ0n) is 17.1. The van der Waals surface area contributed by atoms with E-state index in [9.17, 15) is 0 Å². The predicted octanol–water partition coefficient (Wildman–Crippen LogP) is 3.42. The van der Waals surface area contributed by atoms with Gasteiger partial charge in [0.25, 0.3) is 0 Å². The highest BCUT2D eigenvalue weighted by atomic mass is 32.1. The van der Waals surface area contributed by atoms with Crippen LogP contribution >= 0.6 is 12.2 Å². The van der Waals surface area contributed by atoms with Gasteiger partial charge in [-0.15, -0.1) is 5.10 Å². The minimum atomic E-state index is 0.482. The lowest BCUT2D eigenvalue weighted by Gasteiger charge is -2.13. The fraction of sp³-hybridized carbons (Fsp3) is 0.364. The Balaban J connectivity index is 1.89. The predicted molar refractivity (Wildman–Crippen MR) is 115 cm³/mol. The molecule has 0 aliphatic rings. The molecule has 5 nitrogen and oxygen atoms in total. The van der Waals surface area contributed by atoms with E-state index in [4.69, 9.17) is 22.1 Å². The summed E-state index contributed by atoms with van der Waals surface area (Å²) in [7, 11) is 3.85. The number of rotatable bonds is 8. The topological polar surface area (TPSA) is 36.4 Å². The third kappa shape index (κ3) is 4.88. The summed E-state index contributed by atoms with van der Waals surface area (Å²) in [5, 5.41) is 4.88. The second-order valence-corrected chi connectivity index (χ2v) is 7.98. The van der Waals surface area contributed by atoms with Crippen molar-refractivity contribution in [3.05, 3.63) is 64.9 Å². The molecule has 3 rings (SSSR count). The van der Waals surface area contributed by atoms with Crippen molar-refractivity contribution < 1.29 is 9.64 Å². The van der Waals surface area contributed by atoms with Gasteiger partial charge in [0.05, 0.1) is 14.2 Å². The van der Waals surface area contributed by atoms with E-state index in [1.807, 2.05) is 35.0 Å². The Kier molecular flexibility index (Phi) is 6.65. The molecule has 28 heavy (non-hydrogen) atoms. The molecule has 0 bridgehead atoms. The van der Waals surface area contributed by atoms with Crippen LogP contribution in [0.3, 0.4) is 0 Å². The van der Waals surface area contributed by atoms with Gasteiger partial charge >= 0.3 is 0 Å². The maximum Gasteiger partial charge on any atom is 0.203 e. The summed E-state index contributed by atoms with van der Waals surface area (Å²) in [5.41, 5.74) is 2.36. The SMILES string of the molecule is COc1ccc(-c2nn(C[NH+](C)Cc3ccccc3)c(=S)n2CC(C)C)cc1. The van der Waals surface area contributed by atoms with Crippen LogP contribution in [0.15, 0.2) is 54.6 Å². The smallest absolute Gasteiger partial charge is 0.203 e. The number of methoxy groups -OCH3 is 1. The van der Waals surface area contributed by atoms with Gasteiger partial charge in [-0.05, 0) is 42.4 Å². The first-order valence-electron chi connectivity index (χ1n) is 9.65. The van der Waals surface area contributed by atoms with E-state index in [1.54, 1.807) is 7.11 Å². The molecule has 0 spiro atoms. The number of nitrogens with one attached hydrogen (secondary N) is 1. The lowest BCUT2D eigenvalue weighted by Crippen LogP contribution is -3.07. The van der Waals surface area contributed by atoms with E-state index in [2.05, 4.69) is 49.7 Å². The Hall–Kier alpha value is -2.44. The lowest BCUT2D eigenvalue weighted by atomic mass is 10.2. The van der Waals surface area contributed by atoms with Crippen LogP contribution in [0.4, 0.5) is 0 Å². The van der Waals surface area contributed by atoms with E-state index in [-0.39, 0.29) is 0 Å². The van der Waals surface area contributed by atoms with Gasteiger partial charge in [0.15, 0.2) is 12.5 Å². The molecule has 0 saturated heterocycles. The standard InChI is InChI=1S/C22H28N4OS/c1-17(2)14-25-21(19-10-12-20(27-4)13-11-19)23-26(22(25)28)16-24(3)15-18-8-6-5-7-9-18/h5-13,17H,14-16H2,1-4H3/p+1. The molecule has 148 valence electrons. The monoisotopic (exact) mass is 397 g/mol. The Bertz CT molecular complexity index is 945. The van der Waals surface area contributed by atoms with E-state index < -0.39 is 0 Å². The Morgan fingerprint density at radius 1 is 1.07 bits per heavy atom. The third-order valence-corrected chi connectivity index (χ3v) is 5.02. The highest BCUT2D eigenvalue weighted by Gasteiger charge is 2.16. The van der Waals surface area contributed by atoms with Crippen LogP contribution in [0.5, 0.6) is 5.75 Å². The van der Waals surface area contributed by atoms with Gasteiger partial charge < -0.3 is 9.64 Å². The molecule has 6 heteroatoms. The Morgan fingerprint density at radius 3 is 2.36 bits per heavy atom. The fourth-order valence-electron chi connectivity index (χ4n) is 3.28. The van der Waals surface area contributed by atoms with E-state index in [1.165, 1.54) is 10.5 Å². The second-order valence-electron chi connectivity index (χ2n) is 7.62. The number of hydrogen-bond donors (Lipinski definition) is 1. The molecule has 1 aromatic heterocycles. The molecule has 1 unspecified atom stereocenters. The lowest BCUT2D eigenvalue weighted by molar-refractivity contribution is -0.917. The maximum absolute atomic E-state index is 5.79. The molecule has 1 atom stereocenters. The van der Waals surface area contributed by atoms with Crippen LogP contribution in [-0.4, -0.2) is 28.5 Å². The van der Waals surface area contributed by atoms with Crippen molar-refractivity contribution in [1.29, 1.82) is 0 Å². The second kappa shape index (κ2) is 9.17. The third-order valence-electron chi connectivity index (χ3n) is 4.59. The summed E-state index contributed by atoms with van der Waals surface area (Å²) in [6, 6.07) is 18.5. The van der Waals surface area contributed by atoms with Crippen molar-refractivity contribution >= 4 is 12.2 Å². The Morgan fingerprint density at radius 2 is 1.75 bits per heavy atom. The number of benzene rings is 2. The zero-order valence-corrected chi connectivity index (χ0v) is 17.9. The van der Waals surface area contributed by atoms with Crippen molar-refractivity contribution in [2.75, 3.05) is 14.2 Å². The quantitative estimate of drug-likeness (QED) is 0.592. The van der Waals surface area contributed by atoms with Crippen LogP contribution < -0.4 is 9.64 Å². The molecule has 1 heterocycles. The largest absolute Gasteiger partial charge is 0.497 e.